The lowest BCUT2D eigenvalue weighted by Crippen LogP contribution is -2.56. The zero-order valence-electron chi connectivity index (χ0n) is 15.8. The minimum atomic E-state index is -1.13. The number of nitrogens with one attached hydrogen (secondary N) is 4. The van der Waals surface area contributed by atoms with Crippen LogP contribution in [0.5, 0.6) is 0 Å². The fourth-order valence-corrected chi connectivity index (χ4v) is 3.45. The van der Waals surface area contributed by atoms with E-state index in [1.54, 1.807) is 0 Å². The Morgan fingerprint density at radius 2 is 2.00 bits per heavy atom. The molecule has 2 heterocycles. The molecule has 3 rings (SSSR count). The van der Waals surface area contributed by atoms with Gasteiger partial charge in [-0.1, -0.05) is 24.6 Å². The monoisotopic (exact) mass is 386 g/mol. The van der Waals surface area contributed by atoms with Crippen LogP contribution in [-0.4, -0.2) is 52.5 Å². The maximum Gasteiger partial charge on any atom is 0.325 e. The normalized spacial score (nSPS) is 19.0. The molecule has 1 aromatic carbocycles. The number of H-pyrrole nitrogens is 1. The molecule has 2 amide bonds. The summed E-state index contributed by atoms with van der Waals surface area (Å²) in [6.45, 7) is 2.17. The van der Waals surface area contributed by atoms with E-state index in [0.29, 0.717) is 0 Å². The van der Waals surface area contributed by atoms with Crippen LogP contribution in [0.25, 0.3) is 10.9 Å². The molecular formula is C20H26N4O4. The average Bonchev–Trinajstić information content (AvgIpc) is 3.11. The standard InChI is InChI=1S/C20H26N4O4/c1-12(20(27)28)23-19(26)17(24-18(25)16-8-4-5-9-21-16)10-13-11-22-15-7-3-2-6-14(13)15/h2-3,6-7,11-12,16-17,21-22H,4-5,8-10H2,1H3,(H,23,26)(H,24,25)(H,27,28)/t12-,16-,17-/m0/s1. The average molecular weight is 386 g/mol. The molecule has 0 radical (unpaired) electrons. The van der Waals surface area contributed by atoms with Crippen LogP contribution in [-0.2, 0) is 20.8 Å². The Hall–Kier alpha value is -2.87. The van der Waals surface area contributed by atoms with Gasteiger partial charge in [0.25, 0.3) is 0 Å². The van der Waals surface area contributed by atoms with Gasteiger partial charge in [-0.05, 0) is 37.9 Å². The van der Waals surface area contributed by atoms with E-state index in [1.807, 2.05) is 30.5 Å². The number of hydrogen-bond donors (Lipinski definition) is 5. The molecule has 0 spiro atoms. The molecule has 1 aliphatic heterocycles. The second-order valence-electron chi connectivity index (χ2n) is 7.20. The SMILES string of the molecule is C[C@H](NC(=O)[C@H](Cc1c[nH]c2ccccc12)NC(=O)[C@@H]1CCCCN1)C(=O)O. The number of carbonyl (C=O) groups is 3. The van der Waals surface area contributed by atoms with Crippen LogP contribution in [0.1, 0.15) is 31.7 Å². The fraction of sp³-hybridized carbons (Fsp3) is 0.450. The van der Waals surface area contributed by atoms with Crippen molar-refractivity contribution in [3.8, 4) is 0 Å². The molecule has 1 aromatic heterocycles. The molecule has 2 aromatic rings. The fourth-order valence-electron chi connectivity index (χ4n) is 3.45. The van der Waals surface area contributed by atoms with E-state index in [2.05, 4.69) is 20.9 Å². The van der Waals surface area contributed by atoms with Crippen molar-refractivity contribution in [2.45, 2.75) is 50.7 Å². The van der Waals surface area contributed by atoms with Crippen molar-refractivity contribution < 1.29 is 19.5 Å². The van der Waals surface area contributed by atoms with Crippen LogP contribution >= 0.6 is 0 Å². The van der Waals surface area contributed by atoms with Crippen molar-refractivity contribution in [2.24, 2.45) is 0 Å². The summed E-state index contributed by atoms with van der Waals surface area (Å²) in [6, 6.07) is 5.47. The maximum absolute atomic E-state index is 12.7. The minimum Gasteiger partial charge on any atom is -0.480 e. The van der Waals surface area contributed by atoms with Crippen molar-refractivity contribution >= 4 is 28.7 Å². The van der Waals surface area contributed by atoms with E-state index < -0.39 is 24.0 Å². The molecule has 1 saturated heterocycles. The number of aromatic amines is 1. The number of carboxylic acids is 1. The molecule has 1 aliphatic rings. The Morgan fingerprint density at radius 1 is 1.21 bits per heavy atom. The number of para-hydroxylation sites is 1. The van der Waals surface area contributed by atoms with Crippen LogP contribution in [0.15, 0.2) is 30.5 Å². The summed E-state index contributed by atoms with van der Waals surface area (Å²) in [4.78, 5) is 39.6. The van der Waals surface area contributed by atoms with Crippen molar-refractivity contribution in [1.82, 2.24) is 20.9 Å². The summed E-state index contributed by atoms with van der Waals surface area (Å²) >= 11 is 0. The number of amides is 2. The zero-order valence-corrected chi connectivity index (χ0v) is 15.8. The van der Waals surface area contributed by atoms with Crippen molar-refractivity contribution in [1.29, 1.82) is 0 Å². The second kappa shape index (κ2) is 8.88. The Labute approximate surface area is 163 Å². The predicted octanol–water partition coefficient (Wildman–Crippen LogP) is 0.927. The number of fused-ring (bicyclic) bond motifs is 1. The summed E-state index contributed by atoms with van der Waals surface area (Å²) in [5, 5.41) is 18.5. The number of aromatic nitrogens is 1. The Kier molecular flexibility index (Phi) is 6.30. The Balaban J connectivity index is 1.77. The van der Waals surface area contributed by atoms with E-state index in [1.165, 1.54) is 6.92 Å². The van der Waals surface area contributed by atoms with Gasteiger partial charge in [-0.2, -0.15) is 0 Å². The quantitative estimate of drug-likeness (QED) is 0.484. The van der Waals surface area contributed by atoms with Crippen molar-refractivity contribution in [3.05, 3.63) is 36.0 Å². The van der Waals surface area contributed by atoms with Crippen LogP contribution in [0.4, 0.5) is 0 Å². The summed E-state index contributed by atoms with van der Waals surface area (Å²) in [7, 11) is 0. The second-order valence-corrected chi connectivity index (χ2v) is 7.20. The van der Waals surface area contributed by atoms with Gasteiger partial charge in [0.1, 0.15) is 12.1 Å². The lowest BCUT2D eigenvalue weighted by molar-refractivity contribution is -0.141. The van der Waals surface area contributed by atoms with Crippen LogP contribution in [0.2, 0.25) is 0 Å². The Morgan fingerprint density at radius 3 is 2.71 bits per heavy atom. The highest BCUT2D eigenvalue weighted by molar-refractivity contribution is 5.92. The van der Waals surface area contributed by atoms with Gasteiger partial charge in [0.15, 0.2) is 0 Å². The van der Waals surface area contributed by atoms with Gasteiger partial charge in [-0.15, -0.1) is 0 Å². The topological polar surface area (TPSA) is 123 Å². The van der Waals surface area contributed by atoms with Crippen molar-refractivity contribution in [2.75, 3.05) is 6.54 Å². The van der Waals surface area contributed by atoms with Gasteiger partial charge in [0.05, 0.1) is 6.04 Å². The van der Waals surface area contributed by atoms with Gasteiger partial charge in [-0.25, -0.2) is 0 Å². The van der Waals surface area contributed by atoms with E-state index in [-0.39, 0.29) is 18.4 Å². The molecule has 8 nitrogen and oxygen atoms in total. The minimum absolute atomic E-state index is 0.234. The third-order valence-corrected chi connectivity index (χ3v) is 5.09. The van der Waals surface area contributed by atoms with Gasteiger partial charge in [0, 0.05) is 23.5 Å². The molecule has 0 aliphatic carbocycles. The summed E-state index contributed by atoms with van der Waals surface area (Å²) in [5.41, 5.74) is 1.83. The van der Waals surface area contributed by atoms with Gasteiger partial charge < -0.3 is 26.0 Å². The van der Waals surface area contributed by atoms with Gasteiger partial charge in [-0.3, -0.25) is 14.4 Å². The first kappa shape index (κ1) is 19.9. The van der Waals surface area contributed by atoms with Gasteiger partial charge >= 0.3 is 5.97 Å². The highest BCUT2D eigenvalue weighted by Gasteiger charge is 2.28. The Bertz CT molecular complexity index is 857. The number of carbonyl (C=O) groups excluding carboxylic acids is 2. The molecule has 150 valence electrons. The van der Waals surface area contributed by atoms with E-state index >= 15 is 0 Å². The van der Waals surface area contributed by atoms with Gasteiger partial charge in [0.2, 0.25) is 11.8 Å². The first-order valence-electron chi connectivity index (χ1n) is 9.57. The number of aliphatic carboxylic acids is 1. The first-order valence-corrected chi connectivity index (χ1v) is 9.57. The highest BCUT2D eigenvalue weighted by Crippen LogP contribution is 2.19. The third kappa shape index (κ3) is 4.69. The van der Waals surface area contributed by atoms with E-state index in [0.717, 1.165) is 42.3 Å². The molecule has 8 heteroatoms. The summed E-state index contributed by atoms with van der Waals surface area (Å²) in [6.07, 6.45) is 4.79. The third-order valence-electron chi connectivity index (χ3n) is 5.09. The summed E-state index contributed by atoms with van der Waals surface area (Å²) in [5.74, 6) is -1.87. The first-order chi connectivity index (χ1) is 13.5. The zero-order chi connectivity index (χ0) is 20.1. The van der Waals surface area contributed by atoms with Crippen LogP contribution < -0.4 is 16.0 Å². The number of benzene rings is 1. The summed E-state index contributed by atoms with van der Waals surface area (Å²) < 4.78 is 0. The molecule has 0 bridgehead atoms. The number of rotatable bonds is 7. The van der Waals surface area contributed by atoms with Crippen LogP contribution in [0.3, 0.4) is 0 Å². The molecule has 0 unspecified atom stereocenters. The van der Waals surface area contributed by atoms with Crippen LogP contribution in [0, 0.1) is 0 Å². The lowest BCUT2D eigenvalue weighted by Gasteiger charge is -2.26. The number of carboxylic acid groups (broad SMARTS) is 1. The largest absolute Gasteiger partial charge is 0.480 e. The lowest BCUT2D eigenvalue weighted by atomic mass is 10.0. The molecule has 1 fully saturated rings. The van der Waals surface area contributed by atoms with E-state index in [9.17, 15) is 14.4 Å². The number of piperidine rings is 1. The predicted molar refractivity (Wildman–Crippen MR) is 105 cm³/mol. The smallest absolute Gasteiger partial charge is 0.325 e. The molecule has 0 saturated carbocycles. The highest BCUT2D eigenvalue weighted by atomic mass is 16.4. The van der Waals surface area contributed by atoms with E-state index in [4.69, 9.17) is 5.11 Å². The number of hydrogen-bond acceptors (Lipinski definition) is 4. The maximum atomic E-state index is 12.7. The molecule has 5 N–H and O–H groups in total. The molecule has 28 heavy (non-hydrogen) atoms. The molecule has 3 atom stereocenters. The molecular weight excluding hydrogens is 360 g/mol. The van der Waals surface area contributed by atoms with Crippen molar-refractivity contribution in [3.63, 3.8) is 0 Å².